The second-order valence-corrected chi connectivity index (χ2v) is 6.79. The van der Waals surface area contributed by atoms with Crippen LogP contribution in [0.5, 0.6) is 0 Å². The van der Waals surface area contributed by atoms with Crippen molar-refractivity contribution < 1.29 is 4.79 Å². The summed E-state index contributed by atoms with van der Waals surface area (Å²) in [5.74, 6) is -0.0164. The molecule has 1 heterocycles. The predicted octanol–water partition coefficient (Wildman–Crippen LogP) is 3.55. The normalized spacial score (nSPS) is 17.1. The molecule has 20 heavy (non-hydrogen) atoms. The van der Waals surface area contributed by atoms with Gasteiger partial charge in [-0.05, 0) is 66.6 Å². The summed E-state index contributed by atoms with van der Waals surface area (Å²) in [4.78, 5) is 14.7. The van der Waals surface area contributed by atoms with E-state index in [4.69, 9.17) is 11.6 Å². The maximum atomic E-state index is 12.2. The Hall–Kier alpha value is -0.330. The topological polar surface area (TPSA) is 32.3 Å². The van der Waals surface area contributed by atoms with Crippen LogP contribution in [0.4, 0.5) is 0 Å². The quantitative estimate of drug-likeness (QED) is 0.776. The van der Waals surface area contributed by atoms with Gasteiger partial charge in [0.25, 0.3) is 5.91 Å². The highest BCUT2D eigenvalue weighted by molar-refractivity contribution is 14.1. The van der Waals surface area contributed by atoms with Crippen molar-refractivity contribution in [3.8, 4) is 0 Å². The number of nitrogens with zero attached hydrogens (tertiary/aromatic N) is 1. The molecule has 110 valence electrons. The first-order chi connectivity index (χ1) is 9.60. The largest absolute Gasteiger partial charge is 0.349 e. The van der Waals surface area contributed by atoms with Crippen molar-refractivity contribution in [1.82, 2.24) is 10.2 Å². The van der Waals surface area contributed by atoms with Crippen molar-refractivity contribution in [2.75, 3.05) is 19.6 Å². The van der Waals surface area contributed by atoms with Gasteiger partial charge in [-0.25, -0.2) is 0 Å². The van der Waals surface area contributed by atoms with Gasteiger partial charge in [0.1, 0.15) is 0 Å². The van der Waals surface area contributed by atoms with Gasteiger partial charge < -0.3 is 10.2 Å². The van der Waals surface area contributed by atoms with Gasteiger partial charge in [-0.1, -0.05) is 18.5 Å². The first kappa shape index (κ1) is 16.0. The molecule has 0 aromatic heterocycles. The molecule has 1 aromatic carbocycles. The second kappa shape index (κ2) is 7.61. The Morgan fingerprint density at radius 2 is 2.15 bits per heavy atom. The van der Waals surface area contributed by atoms with Crippen LogP contribution in [0, 0.1) is 3.57 Å². The molecule has 0 atom stereocenters. The van der Waals surface area contributed by atoms with Crippen LogP contribution in [0.15, 0.2) is 18.2 Å². The highest BCUT2D eigenvalue weighted by atomic mass is 127. The number of carbonyl (C=O) groups is 1. The lowest BCUT2D eigenvalue weighted by Crippen LogP contribution is -2.44. The average molecular weight is 407 g/mol. The lowest BCUT2D eigenvalue weighted by atomic mass is 10.0. The summed E-state index contributed by atoms with van der Waals surface area (Å²) in [6, 6.07) is 5.73. The highest BCUT2D eigenvalue weighted by Crippen LogP contribution is 2.20. The van der Waals surface area contributed by atoms with E-state index in [-0.39, 0.29) is 11.9 Å². The zero-order valence-corrected chi connectivity index (χ0v) is 14.6. The summed E-state index contributed by atoms with van der Waals surface area (Å²) in [5, 5.41) is 3.75. The third kappa shape index (κ3) is 4.33. The maximum absolute atomic E-state index is 12.2. The third-order valence-corrected chi connectivity index (χ3v) is 5.22. The maximum Gasteiger partial charge on any atom is 0.251 e. The fraction of sp³-hybridized carbons (Fsp3) is 0.533. The molecule has 2 rings (SSSR count). The molecule has 1 aromatic rings. The van der Waals surface area contributed by atoms with Crippen molar-refractivity contribution in [2.24, 2.45) is 0 Å². The SMILES string of the molecule is CCCN1CCC(NC(=O)c2ccc(I)c(Cl)c2)CC1. The van der Waals surface area contributed by atoms with Gasteiger partial charge in [-0.2, -0.15) is 0 Å². The Labute approximate surface area is 139 Å². The van der Waals surface area contributed by atoms with E-state index in [2.05, 4.69) is 39.7 Å². The van der Waals surface area contributed by atoms with E-state index in [1.807, 2.05) is 12.1 Å². The number of amides is 1. The predicted molar refractivity (Wildman–Crippen MR) is 91.4 cm³/mol. The van der Waals surface area contributed by atoms with Crippen LogP contribution in [-0.2, 0) is 0 Å². The molecular weight excluding hydrogens is 387 g/mol. The molecule has 1 aliphatic rings. The zero-order chi connectivity index (χ0) is 14.5. The summed E-state index contributed by atoms with van der Waals surface area (Å²) < 4.78 is 0.966. The van der Waals surface area contributed by atoms with Crippen LogP contribution >= 0.6 is 34.2 Å². The Morgan fingerprint density at radius 3 is 2.75 bits per heavy atom. The molecule has 0 unspecified atom stereocenters. The van der Waals surface area contributed by atoms with Gasteiger partial charge in [0.15, 0.2) is 0 Å². The Balaban J connectivity index is 1.87. The minimum absolute atomic E-state index is 0.0164. The number of carbonyl (C=O) groups excluding carboxylic acids is 1. The van der Waals surface area contributed by atoms with Crippen LogP contribution in [0.2, 0.25) is 5.02 Å². The Morgan fingerprint density at radius 1 is 1.45 bits per heavy atom. The number of rotatable bonds is 4. The summed E-state index contributed by atoms with van der Waals surface area (Å²) in [6.45, 7) is 5.51. The standard InChI is InChI=1S/C15H20ClIN2O/c1-2-7-19-8-5-12(6-9-19)18-15(20)11-3-4-14(17)13(16)10-11/h3-4,10,12H,2,5-9H2,1H3,(H,18,20). The summed E-state index contributed by atoms with van der Waals surface area (Å²) in [5.41, 5.74) is 0.645. The number of halogens is 2. The van der Waals surface area contributed by atoms with Crippen LogP contribution < -0.4 is 5.32 Å². The molecule has 5 heteroatoms. The van der Waals surface area contributed by atoms with E-state index in [0.29, 0.717) is 10.6 Å². The van der Waals surface area contributed by atoms with Gasteiger partial charge in [0, 0.05) is 28.3 Å². The number of benzene rings is 1. The molecule has 1 saturated heterocycles. The zero-order valence-electron chi connectivity index (χ0n) is 11.7. The molecule has 1 N–H and O–H groups in total. The Bertz CT molecular complexity index is 473. The summed E-state index contributed by atoms with van der Waals surface area (Å²) in [7, 11) is 0. The third-order valence-electron chi connectivity index (χ3n) is 3.64. The Kier molecular flexibility index (Phi) is 6.11. The first-order valence-electron chi connectivity index (χ1n) is 7.08. The van der Waals surface area contributed by atoms with Crippen LogP contribution in [-0.4, -0.2) is 36.5 Å². The molecule has 0 aliphatic carbocycles. The van der Waals surface area contributed by atoms with Crippen LogP contribution in [0.25, 0.3) is 0 Å². The number of nitrogens with one attached hydrogen (secondary N) is 1. The van der Waals surface area contributed by atoms with Crippen molar-refractivity contribution in [1.29, 1.82) is 0 Å². The second-order valence-electron chi connectivity index (χ2n) is 5.22. The van der Waals surface area contributed by atoms with E-state index in [9.17, 15) is 4.79 Å². The molecule has 0 spiro atoms. The van der Waals surface area contributed by atoms with Crippen molar-refractivity contribution in [2.45, 2.75) is 32.2 Å². The van der Waals surface area contributed by atoms with Crippen molar-refractivity contribution in [3.63, 3.8) is 0 Å². The highest BCUT2D eigenvalue weighted by Gasteiger charge is 2.20. The van der Waals surface area contributed by atoms with Gasteiger partial charge in [0.05, 0.1) is 5.02 Å². The van der Waals surface area contributed by atoms with Crippen molar-refractivity contribution in [3.05, 3.63) is 32.4 Å². The van der Waals surface area contributed by atoms with Crippen LogP contribution in [0.1, 0.15) is 36.5 Å². The van der Waals surface area contributed by atoms with Crippen LogP contribution in [0.3, 0.4) is 0 Å². The number of hydrogen-bond donors (Lipinski definition) is 1. The van der Waals surface area contributed by atoms with Gasteiger partial charge in [-0.3, -0.25) is 4.79 Å². The smallest absolute Gasteiger partial charge is 0.251 e. The number of likely N-dealkylation sites (tertiary alicyclic amines) is 1. The molecule has 1 amide bonds. The molecule has 0 bridgehead atoms. The summed E-state index contributed by atoms with van der Waals surface area (Å²) in [6.07, 6.45) is 3.26. The molecule has 0 radical (unpaired) electrons. The molecule has 3 nitrogen and oxygen atoms in total. The molecule has 0 saturated carbocycles. The molecule has 1 fully saturated rings. The average Bonchev–Trinajstić information content (AvgIpc) is 2.44. The minimum atomic E-state index is -0.0164. The molecule has 1 aliphatic heterocycles. The first-order valence-corrected chi connectivity index (χ1v) is 8.54. The van der Waals surface area contributed by atoms with E-state index < -0.39 is 0 Å². The van der Waals surface area contributed by atoms with Crippen molar-refractivity contribution >= 4 is 40.1 Å². The van der Waals surface area contributed by atoms with E-state index in [1.54, 1.807) is 6.07 Å². The minimum Gasteiger partial charge on any atom is -0.349 e. The lowest BCUT2D eigenvalue weighted by molar-refractivity contribution is 0.0911. The van der Waals surface area contributed by atoms with E-state index in [0.717, 1.165) is 36.0 Å². The number of piperidine rings is 1. The van der Waals surface area contributed by atoms with Gasteiger partial charge in [0.2, 0.25) is 0 Å². The van der Waals surface area contributed by atoms with E-state index in [1.165, 1.54) is 6.42 Å². The monoisotopic (exact) mass is 406 g/mol. The number of hydrogen-bond acceptors (Lipinski definition) is 2. The molecular formula is C15H20ClIN2O. The fourth-order valence-electron chi connectivity index (χ4n) is 2.52. The van der Waals surface area contributed by atoms with E-state index >= 15 is 0 Å². The fourth-order valence-corrected chi connectivity index (χ4v) is 3.04. The van der Waals surface area contributed by atoms with Gasteiger partial charge >= 0.3 is 0 Å². The van der Waals surface area contributed by atoms with Gasteiger partial charge in [-0.15, -0.1) is 0 Å². The lowest BCUT2D eigenvalue weighted by Gasteiger charge is -2.32. The summed E-state index contributed by atoms with van der Waals surface area (Å²) >= 11 is 8.22.